The third-order valence-electron chi connectivity index (χ3n) is 4.14. The Morgan fingerprint density at radius 3 is 2.27 bits per heavy atom. The van der Waals surface area contributed by atoms with Crippen molar-refractivity contribution in [1.29, 1.82) is 0 Å². The number of hydrogen-bond acceptors (Lipinski definition) is 3. The number of rotatable bonds is 8. The van der Waals surface area contributed by atoms with Gasteiger partial charge in [0.25, 0.3) is 5.91 Å². The Balaban J connectivity index is 1.66. The van der Waals surface area contributed by atoms with E-state index in [1.54, 1.807) is 18.0 Å². The van der Waals surface area contributed by atoms with Crippen molar-refractivity contribution in [1.82, 2.24) is 15.1 Å². The van der Waals surface area contributed by atoms with E-state index in [2.05, 4.69) is 10.2 Å². The molecule has 134 valence electrons. The van der Waals surface area contributed by atoms with Crippen LogP contribution in [0.2, 0.25) is 0 Å². The first kappa shape index (κ1) is 17.9. The van der Waals surface area contributed by atoms with Gasteiger partial charge in [0, 0.05) is 12.7 Å². The molecule has 1 atom stereocenters. The minimum atomic E-state index is -0.526. The summed E-state index contributed by atoms with van der Waals surface area (Å²) in [7, 11) is 0. The quantitative estimate of drug-likeness (QED) is 0.677. The van der Waals surface area contributed by atoms with Gasteiger partial charge >= 0.3 is 0 Å². The lowest BCUT2D eigenvalue weighted by Gasteiger charge is -2.25. The molecule has 0 saturated carbocycles. The van der Waals surface area contributed by atoms with Gasteiger partial charge in [-0.3, -0.25) is 9.89 Å². The second kappa shape index (κ2) is 8.97. The molecule has 5 nitrogen and oxygen atoms in total. The van der Waals surface area contributed by atoms with E-state index in [1.807, 2.05) is 66.7 Å². The van der Waals surface area contributed by atoms with Crippen molar-refractivity contribution in [3.63, 3.8) is 0 Å². The maximum Gasteiger partial charge on any atom is 0.252 e. The summed E-state index contributed by atoms with van der Waals surface area (Å²) >= 11 is 0. The molecule has 1 heterocycles. The fraction of sp³-hybridized carbons (Fsp3) is 0.238. The van der Waals surface area contributed by atoms with Crippen molar-refractivity contribution in [2.24, 2.45) is 0 Å². The highest BCUT2D eigenvalue weighted by Gasteiger charge is 2.22. The van der Waals surface area contributed by atoms with Gasteiger partial charge in [0.15, 0.2) is 0 Å². The fourth-order valence-electron chi connectivity index (χ4n) is 2.72. The van der Waals surface area contributed by atoms with Crippen LogP contribution < -0.4 is 0 Å². The molecule has 0 aliphatic heterocycles. The Kier molecular flexibility index (Phi) is 6.17. The molecule has 2 aromatic carbocycles. The van der Waals surface area contributed by atoms with E-state index in [0.29, 0.717) is 19.7 Å². The maximum atomic E-state index is 13.0. The van der Waals surface area contributed by atoms with Crippen LogP contribution in [0.3, 0.4) is 0 Å². The standard InChI is InChI=1S/C21H23N3O2/c1-17(26-16-19-10-6-3-7-11-19)21(25)24(15-20-12-13-22-23-20)14-18-8-4-2-5-9-18/h2-13,17H,14-16H2,1H3,(H,22,23)/t17-/m1/s1. The van der Waals surface area contributed by atoms with Crippen molar-refractivity contribution < 1.29 is 9.53 Å². The highest BCUT2D eigenvalue weighted by Crippen LogP contribution is 2.12. The molecule has 26 heavy (non-hydrogen) atoms. The predicted molar refractivity (Wildman–Crippen MR) is 100.0 cm³/mol. The highest BCUT2D eigenvalue weighted by molar-refractivity contribution is 5.80. The predicted octanol–water partition coefficient (Wildman–Crippen LogP) is 3.54. The molecule has 5 heteroatoms. The van der Waals surface area contributed by atoms with Crippen LogP contribution >= 0.6 is 0 Å². The SMILES string of the molecule is C[C@@H](OCc1ccccc1)C(=O)N(Cc1ccccc1)Cc1ccn[nH]1. The minimum absolute atomic E-state index is 0.0422. The molecule has 0 radical (unpaired) electrons. The number of carbonyl (C=O) groups is 1. The average molecular weight is 349 g/mol. The zero-order valence-electron chi connectivity index (χ0n) is 14.8. The van der Waals surface area contributed by atoms with E-state index in [4.69, 9.17) is 4.74 Å². The second-order valence-electron chi connectivity index (χ2n) is 6.20. The largest absolute Gasteiger partial charge is 0.364 e. The zero-order valence-corrected chi connectivity index (χ0v) is 14.8. The van der Waals surface area contributed by atoms with E-state index < -0.39 is 6.10 Å². The van der Waals surface area contributed by atoms with Crippen LogP contribution in [-0.2, 0) is 29.2 Å². The van der Waals surface area contributed by atoms with Gasteiger partial charge < -0.3 is 9.64 Å². The lowest BCUT2D eigenvalue weighted by Crippen LogP contribution is -2.38. The summed E-state index contributed by atoms with van der Waals surface area (Å²) in [6.45, 7) is 3.21. The van der Waals surface area contributed by atoms with Crippen molar-refractivity contribution >= 4 is 5.91 Å². The molecule has 0 aliphatic rings. The Bertz CT molecular complexity index is 789. The van der Waals surface area contributed by atoms with Crippen LogP contribution in [0.1, 0.15) is 23.7 Å². The number of benzene rings is 2. The average Bonchev–Trinajstić information content (AvgIpc) is 3.20. The fourth-order valence-corrected chi connectivity index (χ4v) is 2.72. The summed E-state index contributed by atoms with van der Waals surface area (Å²) in [5.41, 5.74) is 3.02. The number of nitrogens with zero attached hydrogens (tertiary/aromatic N) is 2. The number of amides is 1. The molecule has 3 rings (SSSR count). The Hall–Kier alpha value is -2.92. The number of carbonyl (C=O) groups excluding carboxylic acids is 1. The van der Waals surface area contributed by atoms with Crippen molar-refractivity contribution in [3.8, 4) is 0 Å². The molecule has 0 bridgehead atoms. The highest BCUT2D eigenvalue weighted by atomic mass is 16.5. The van der Waals surface area contributed by atoms with E-state index in [0.717, 1.165) is 16.8 Å². The monoisotopic (exact) mass is 349 g/mol. The Morgan fingerprint density at radius 1 is 1.00 bits per heavy atom. The van der Waals surface area contributed by atoms with Gasteiger partial charge in [-0.2, -0.15) is 5.10 Å². The molecule has 0 spiro atoms. The van der Waals surface area contributed by atoms with E-state index in [9.17, 15) is 4.79 Å². The summed E-state index contributed by atoms with van der Waals surface area (Å²) in [4.78, 5) is 14.8. The van der Waals surface area contributed by atoms with E-state index >= 15 is 0 Å². The Morgan fingerprint density at radius 2 is 1.65 bits per heavy atom. The molecular weight excluding hydrogens is 326 g/mol. The number of aromatic amines is 1. The maximum absolute atomic E-state index is 13.0. The van der Waals surface area contributed by atoms with E-state index in [-0.39, 0.29) is 5.91 Å². The van der Waals surface area contributed by atoms with Gasteiger partial charge in [-0.25, -0.2) is 0 Å². The lowest BCUT2D eigenvalue weighted by molar-refractivity contribution is -0.144. The van der Waals surface area contributed by atoms with E-state index in [1.165, 1.54) is 0 Å². The van der Waals surface area contributed by atoms with Gasteiger partial charge in [-0.15, -0.1) is 0 Å². The smallest absolute Gasteiger partial charge is 0.252 e. The van der Waals surface area contributed by atoms with Gasteiger partial charge in [-0.1, -0.05) is 60.7 Å². The molecule has 0 fully saturated rings. The molecule has 0 saturated heterocycles. The van der Waals surface area contributed by atoms with Crippen molar-refractivity contribution in [2.45, 2.75) is 32.7 Å². The van der Waals surface area contributed by atoms with Gasteiger partial charge in [0.1, 0.15) is 6.10 Å². The van der Waals surface area contributed by atoms with Crippen LogP contribution in [0, 0.1) is 0 Å². The number of hydrogen-bond donors (Lipinski definition) is 1. The lowest BCUT2D eigenvalue weighted by atomic mass is 10.2. The topological polar surface area (TPSA) is 58.2 Å². The molecule has 3 aromatic rings. The van der Waals surface area contributed by atoms with Gasteiger partial charge in [-0.05, 0) is 24.1 Å². The number of H-pyrrole nitrogens is 1. The minimum Gasteiger partial charge on any atom is -0.364 e. The molecular formula is C21H23N3O2. The molecule has 1 aromatic heterocycles. The Labute approximate surface area is 153 Å². The number of nitrogens with one attached hydrogen (secondary N) is 1. The van der Waals surface area contributed by atoms with Crippen molar-refractivity contribution in [3.05, 3.63) is 89.7 Å². The third-order valence-corrected chi connectivity index (χ3v) is 4.14. The summed E-state index contributed by atoms with van der Waals surface area (Å²) in [5, 5.41) is 6.89. The molecule has 1 N–H and O–H groups in total. The summed E-state index contributed by atoms with van der Waals surface area (Å²) in [6, 6.07) is 21.7. The molecule has 0 unspecified atom stereocenters. The molecule has 1 amide bonds. The first-order chi connectivity index (χ1) is 12.7. The third kappa shape index (κ3) is 5.04. The van der Waals surface area contributed by atoms with Crippen LogP contribution in [0.4, 0.5) is 0 Å². The van der Waals surface area contributed by atoms with Crippen LogP contribution in [0.25, 0.3) is 0 Å². The first-order valence-electron chi connectivity index (χ1n) is 8.69. The molecule has 0 aliphatic carbocycles. The second-order valence-corrected chi connectivity index (χ2v) is 6.20. The van der Waals surface area contributed by atoms with Gasteiger partial charge in [0.2, 0.25) is 0 Å². The van der Waals surface area contributed by atoms with Crippen LogP contribution in [-0.4, -0.2) is 27.1 Å². The van der Waals surface area contributed by atoms with Crippen LogP contribution in [0.15, 0.2) is 72.9 Å². The summed E-state index contributed by atoms with van der Waals surface area (Å²) in [6.07, 6.45) is 1.16. The number of aromatic nitrogens is 2. The van der Waals surface area contributed by atoms with Crippen molar-refractivity contribution in [2.75, 3.05) is 0 Å². The first-order valence-corrected chi connectivity index (χ1v) is 8.69. The van der Waals surface area contributed by atoms with Crippen LogP contribution in [0.5, 0.6) is 0 Å². The normalized spacial score (nSPS) is 11.9. The zero-order chi connectivity index (χ0) is 18.2. The summed E-state index contributed by atoms with van der Waals surface area (Å²) < 4.78 is 5.81. The summed E-state index contributed by atoms with van der Waals surface area (Å²) in [5.74, 6) is -0.0422. The van der Waals surface area contributed by atoms with Gasteiger partial charge in [0.05, 0.1) is 18.8 Å². The number of ether oxygens (including phenoxy) is 1.